The lowest BCUT2D eigenvalue weighted by Gasteiger charge is -2.18. The van der Waals surface area contributed by atoms with E-state index < -0.39 is 55.7 Å². The standard InChI is InChI=1S/C38H30O15/c1-4-7-8-9-10-20-47-38(44)53-30-18-12-15-27(22-30)34(40)49-25-32(50-35(41)28-16-13-19-31(23-28)52-37(43)46-6-3)24-48-33(39)26-14-11-17-29(21-26)51-36(42)45-5-2/h11-19,21-23,32H,5-6,24-25H2,1-3H3. The van der Waals surface area contributed by atoms with Crippen molar-refractivity contribution < 1.29 is 71.4 Å². The smallest absolute Gasteiger partial charge is 0.458 e. The molecule has 0 heterocycles. The topological polar surface area (TPSA) is 185 Å². The Hall–Kier alpha value is -7.44. The Morgan fingerprint density at radius 1 is 0.547 bits per heavy atom. The first-order valence-electron chi connectivity index (χ1n) is 15.5. The van der Waals surface area contributed by atoms with Crippen LogP contribution in [0.3, 0.4) is 0 Å². The highest BCUT2D eigenvalue weighted by Crippen LogP contribution is 2.19. The van der Waals surface area contributed by atoms with Crippen molar-refractivity contribution in [1.82, 2.24) is 0 Å². The van der Waals surface area contributed by atoms with Crippen LogP contribution in [-0.2, 0) is 28.4 Å². The van der Waals surface area contributed by atoms with Crippen LogP contribution >= 0.6 is 0 Å². The van der Waals surface area contributed by atoms with Crippen LogP contribution in [0.2, 0.25) is 0 Å². The molecule has 0 aromatic heterocycles. The molecule has 0 aliphatic rings. The Balaban J connectivity index is 1.72. The lowest BCUT2D eigenvalue weighted by Crippen LogP contribution is -2.31. The number of carbonyl (C=O) groups excluding carboxylic acids is 6. The van der Waals surface area contributed by atoms with Gasteiger partial charge in [-0.15, -0.1) is 0 Å². The highest BCUT2D eigenvalue weighted by Gasteiger charge is 2.23. The predicted molar refractivity (Wildman–Crippen MR) is 181 cm³/mol. The van der Waals surface area contributed by atoms with Crippen LogP contribution in [0.4, 0.5) is 14.4 Å². The zero-order chi connectivity index (χ0) is 38.4. The molecule has 0 radical (unpaired) electrons. The molecule has 0 aliphatic heterocycles. The highest BCUT2D eigenvalue weighted by molar-refractivity contribution is 5.91. The van der Waals surface area contributed by atoms with E-state index in [2.05, 4.69) is 34.3 Å². The second-order valence-corrected chi connectivity index (χ2v) is 9.68. The van der Waals surface area contributed by atoms with Gasteiger partial charge in [-0.25, -0.2) is 28.8 Å². The van der Waals surface area contributed by atoms with Gasteiger partial charge in [0.25, 0.3) is 0 Å². The summed E-state index contributed by atoms with van der Waals surface area (Å²) in [5.74, 6) is 9.08. The molecule has 0 aliphatic carbocycles. The zero-order valence-electron chi connectivity index (χ0n) is 28.5. The summed E-state index contributed by atoms with van der Waals surface area (Å²) in [5, 5.41) is 0. The zero-order valence-corrected chi connectivity index (χ0v) is 28.5. The summed E-state index contributed by atoms with van der Waals surface area (Å²) in [6.45, 7) is 3.69. The van der Waals surface area contributed by atoms with Crippen molar-refractivity contribution in [1.29, 1.82) is 0 Å². The fourth-order valence-electron chi connectivity index (χ4n) is 3.72. The second kappa shape index (κ2) is 21.6. The summed E-state index contributed by atoms with van der Waals surface area (Å²) in [4.78, 5) is 74.4. The summed E-state index contributed by atoms with van der Waals surface area (Å²) < 4.78 is 45.3. The van der Waals surface area contributed by atoms with Gasteiger partial charge in [0.2, 0.25) is 0 Å². The van der Waals surface area contributed by atoms with Crippen molar-refractivity contribution in [3.63, 3.8) is 0 Å². The summed E-state index contributed by atoms with van der Waals surface area (Å²) >= 11 is 0. The van der Waals surface area contributed by atoms with E-state index >= 15 is 0 Å². The van der Waals surface area contributed by atoms with E-state index in [4.69, 9.17) is 37.9 Å². The van der Waals surface area contributed by atoms with Crippen LogP contribution in [-0.4, -0.2) is 68.9 Å². The largest absolute Gasteiger partial charge is 0.528 e. The summed E-state index contributed by atoms with van der Waals surface area (Å²) in [7, 11) is 0. The Kier molecular flexibility index (Phi) is 16.3. The van der Waals surface area contributed by atoms with Gasteiger partial charge in [0, 0.05) is 11.8 Å². The first-order chi connectivity index (χ1) is 25.6. The third kappa shape index (κ3) is 14.5. The molecule has 0 saturated heterocycles. The summed E-state index contributed by atoms with van der Waals surface area (Å²) in [5.41, 5.74) is -0.172. The molecule has 0 spiro atoms. The maximum atomic E-state index is 13.1. The first kappa shape index (κ1) is 40.0. The Labute approximate surface area is 303 Å². The van der Waals surface area contributed by atoms with E-state index in [0.717, 1.165) is 0 Å². The molecule has 15 heteroatoms. The maximum absolute atomic E-state index is 13.1. The molecular weight excluding hydrogens is 696 g/mol. The number of ether oxygens (including phenoxy) is 9. The van der Waals surface area contributed by atoms with Crippen LogP contribution in [0.1, 0.15) is 51.8 Å². The van der Waals surface area contributed by atoms with Gasteiger partial charge in [-0.3, -0.25) is 0 Å². The molecule has 15 nitrogen and oxygen atoms in total. The van der Waals surface area contributed by atoms with Crippen molar-refractivity contribution in [2.45, 2.75) is 26.9 Å². The van der Waals surface area contributed by atoms with Crippen molar-refractivity contribution in [3.8, 4) is 53.0 Å². The molecule has 3 rings (SSSR count). The van der Waals surface area contributed by atoms with Gasteiger partial charge in [0.1, 0.15) is 36.6 Å². The van der Waals surface area contributed by atoms with E-state index in [9.17, 15) is 28.8 Å². The normalized spacial score (nSPS) is 10.0. The van der Waals surface area contributed by atoms with Crippen molar-refractivity contribution >= 4 is 36.4 Å². The second-order valence-electron chi connectivity index (χ2n) is 9.68. The summed E-state index contributed by atoms with van der Waals surface area (Å²) in [6.07, 6.45) is -2.50. The van der Waals surface area contributed by atoms with E-state index in [0.29, 0.717) is 0 Å². The Morgan fingerprint density at radius 2 is 0.981 bits per heavy atom. The monoisotopic (exact) mass is 726 g/mol. The van der Waals surface area contributed by atoms with Gasteiger partial charge in [0.15, 0.2) is 6.10 Å². The number of hydrogen-bond donors (Lipinski definition) is 0. The molecule has 0 saturated carbocycles. The minimum absolute atomic E-state index is 0.000772. The lowest BCUT2D eigenvalue weighted by atomic mass is 10.2. The van der Waals surface area contributed by atoms with Gasteiger partial charge in [-0.2, -0.15) is 0 Å². The van der Waals surface area contributed by atoms with Crippen molar-refractivity contribution in [2.75, 3.05) is 26.4 Å². The van der Waals surface area contributed by atoms with Crippen molar-refractivity contribution in [2.24, 2.45) is 0 Å². The quantitative estimate of drug-likeness (QED) is 0.0930. The number of hydrogen-bond acceptors (Lipinski definition) is 15. The average Bonchev–Trinajstić information content (AvgIpc) is 3.14. The molecule has 1 unspecified atom stereocenters. The van der Waals surface area contributed by atoms with Gasteiger partial charge in [0.05, 0.1) is 29.9 Å². The molecule has 0 N–H and O–H groups in total. The van der Waals surface area contributed by atoms with Crippen LogP contribution in [0.5, 0.6) is 17.2 Å². The molecule has 3 aromatic rings. The first-order valence-corrected chi connectivity index (χ1v) is 15.5. The minimum atomic E-state index is -1.37. The number of carbonyl (C=O) groups is 6. The third-order valence-corrected chi connectivity index (χ3v) is 5.91. The predicted octanol–water partition coefficient (Wildman–Crippen LogP) is 5.50. The lowest BCUT2D eigenvalue weighted by molar-refractivity contribution is -0.0254. The van der Waals surface area contributed by atoms with Crippen LogP contribution < -0.4 is 14.2 Å². The Bertz CT molecular complexity index is 2000. The number of benzene rings is 3. The fraction of sp³-hybridized carbons (Fsp3) is 0.211. The van der Waals surface area contributed by atoms with Crippen molar-refractivity contribution in [3.05, 3.63) is 89.5 Å². The van der Waals surface area contributed by atoms with E-state index in [1.807, 2.05) is 6.11 Å². The van der Waals surface area contributed by atoms with Gasteiger partial charge >= 0.3 is 36.4 Å². The number of rotatable bonds is 13. The fourth-order valence-corrected chi connectivity index (χ4v) is 3.72. The average molecular weight is 727 g/mol. The van der Waals surface area contributed by atoms with Gasteiger partial charge in [-0.05, 0) is 87.2 Å². The van der Waals surface area contributed by atoms with E-state index in [1.54, 1.807) is 20.8 Å². The molecule has 53 heavy (non-hydrogen) atoms. The van der Waals surface area contributed by atoms with E-state index in [1.165, 1.54) is 72.8 Å². The number of esters is 3. The molecule has 1 atom stereocenters. The molecule has 0 fully saturated rings. The van der Waals surface area contributed by atoms with E-state index in [-0.39, 0.29) is 47.2 Å². The van der Waals surface area contributed by atoms with Gasteiger partial charge in [-0.1, -0.05) is 24.1 Å². The molecule has 272 valence electrons. The molecule has 0 amide bonds. The molecular formula is C38H30O15. The minimum Gasteiger partial charge on any atom is -0.458 e. The van der Waals surface area contributed by atoms with Crippen LogP contribution in [0.25, 0.3) is 0 Å². The molecule has 3 aromatic carbocycles. The maximum Gasteiger partial charge on any atom is 0.528 e. The van der Waals surface area contributed by atoms with Gasteiger partial charge < -0.3 is 42.6 Å². The third-order valence-electron chi connectivity index (χ3n) is 5.91. The molecule has 0 bridgehead atoms. The van der Waals surface area contributed by atoms with Crippen LogP contribution in [0, 0.1) is 35.7 Å². The summed E-state index contributed by atoms with van der Waals surface area (Å²) in [6, 6.07) is 16.1. The van der Waals surface area contributed by atoms with Crippen LogP contribution in [0.15, 0.2) is 72.8 Å². The highest BCUT2D eigenvalue weighted by atomic mass is 16.7. The SMILES string of the molecule is CC#CC#CC#COC(=O)Oc1cccc(C(=O)OCC(COC(=O)c2cccc(OC(=O)OCC)c2)OC(=O)c2cccc(OC(=O)OCC)c2)c1. The Morgan fingerprint density at radius 3 is 1.43 bits per heavy atom.